The molecule has 2 rings (SSSR count). The first kappa shape index (κ1) is 16.6. The molecule has 122 valence electrons. The highest BCUT2D eigenvalue weighted by molar-refractivity contribution is 5.94. The Morgan fingerprint density at radius 2 is 2.14 bits per heavy atom. The molecule has 1 amide bonds. The number of nitrogens with zero attached hydrogens (tertiary/aromatic N) is 1. The third-order valence-corrected chi connectivity index (χ3v) is 3.82. The zero-order valence-corrected chi connectivity index (χ0v) is 13.8. The summed E-state index contributed by atoms with van der Waals surface area (Å²) in [6.07, 6.45) is 3.17. The van der Waals surface area contributed by atoms with Gasteiger partial charge in [-0.15, -0.1) is 0 Å². The molecular formula is C17H25NO4. The summed E-state index contributed by atoms with van der Waals surface area (Å²) in [4.78, 5) is 26.3. The fourth-order valence-electron chi connectivity index (χ4n) is 2.76. The van der Waals surface area contributed by atoms with Gasteiger partial charge in [-0.05, 0) is 51.7 Å². The van der Waals surface area contributed by atoms with Crippen LogP contribution in [-0.2, 0) is 4.74 Å². The highest BCUT2D eigenvalue weighted by Gasteiger charge is 2.34. The standard InChI is InChI=1S/C17H25NO4/c1-12-7-8-18(16(20)22-17(2,3)4)13(10-12)11-14(19)15-6-5-9-21-15/h5-6,9,12-13H,7-8,10-11H2,1-4H3. The van der Waals surface area contributed by atoms with Crippen LogP contribution in [-0.4, -0.2) is 35.0 Å². The number of carbonyl (C=O) groups is 2. The molecule has 0 N–H and O–H groups in total. The van der Waals surface area contributed by atoms with Crippen molar-refractivity contribution in [2.75, 3.05) is 6.54 Å². The Labute approximate surface area is 131 Å². The number of hydrogen-bond acceptors (Lipinski definition) is 4. The van der Waals surface area contributed by atoms with Gasteiger partial charge in [-0.1, -0.05) is 6.92 Å². The molecule has 2 heterocycles. The molecule has 1 aliphatic rings. The molecule has 0 aromatic carbocycles. The van der Waals surface area contributed by atoms with Crippen molar-refractivity contribution in [1.82, 2.24) is 4.90 Å². The minimum atomic E-state index is -0.532. The van der Waals surface area contributed by atoms with Gasteiger partial charge in [-0.3, -0.25) is 4.79 Å². The third kappa shape index (κ3) is 4.36. The van der Waals surface area contributed by atoms with Crippen molar-refractivity contribution in [3.05, 3.63) is 24.2 Å². The second-order valence-electron chi connectivity index (χ2n) is 7.06. The van der Waals surface area contributed by atoms with Crippen molar-refractivity contribution < 1.29 is 18.7 Å². The summed E-state index contributed by atoms with van der Waals surface area (Å²) in [6, 6.07) is 3.23. The predicted octanol–water partition coefficient (Wildman–Crippen LogP) is 3.89. The quantitative estimate of drug-likeness (QED) is 0.795. The summed E-state index contributed by atoms with van der Waals surface area (Å²) in [7, 11) is 0. The monoisotopic (exact) mass is 307 g/mol. The molecule has 1 aromatic heterocycles. The number of rotatable bonds is 3. The fourth-order valence-corrected chi connectivity index (χ4v) is 2.76. The summed E-state index contributed by atoms with van der Waals surface area (Å²) < 4.78 is 10.6. The molecule has 5 nitrogen and oxygen atoms in total. The normalized spacial score (nSPS) is 22.5. The molecule has 1 saturated heterocycles. The smallest absolute Gasteiger partial charge is 0.410 e. The molecule has 0 aliphatic carbocycles. The van der Waals surface area contributed by atoms with Crippen molar-refractivity contribution >= 4 is 11.9 Å². The van der Waals surface area contributed by atoms with Gasteiger partial charge in [0.05, 0.1) is 6.26 Å². The number of likely N-dealkylation sites (tertiary alicyclic amines) is 1. The first-order valence-corrected chi connectivity index (χ1v) is 7.82. The first-order chi connectivity index (χ1) is 10.3. The molecule has 1 fully saturated rings. The molecule has 1 aromatic rings. The Morgan fingerprint density at radius 3 is 2.73 bits per heavy atom. The number of ketones is 1. The molecule has 1 aliphatic heterocycles. The topological polar surface area (TPSA) is 59.8 Å². The Balaban J connectivity index is 2.06. The van der Waals surface area contributed by atoms with Gasteiger partial charge in [0.2, 0.25) is 0 Å². The molecule has 0 radical (unpaired) electrons. The molecule has 2 atom stereocenters. The molecule has 0 bridgehead atoms. The number of Topliss-reactive ketones (excluding diaryl/α,β-unsaturated/α-hetero) is 1. The summed E-state index contributed by atoms with van der Waals surface area (Å²) in [5.41, 5.74) is -0.532. The van der Waals surface area contributed by atoms with Crippen LogP contribution in [0.2, 0.25) is 0 Å². The summed E-state index contributed by atoms with van der Waals surface area (Å²) >= 11 is 0. The van der Waals surface area contributed by atoms with E-state index in [9.17, 15) is 9.59 Å². The maximum atomic E-state index is 12.4. The van der Waals surface area contributed by atoms with Gasteiger partial charge in [-0.25, -0.2) is 4.79 Å². The van der Waals surface area contributed by atoms with Crippen molar-refractivity contribution in [1.29, 1.82) is 0 Å². The number of furan rings is 1. The van der Waals surface area contributed by atoms with E-state index in [0.717, 1.165) is 12.8 Å². The van der Waals surface area contributed by atoms with E-state index in [1.807, 2.05) is 20.8 Å². The Kier molecular flexibility index (Phi) is 4.94. The molecule has 22 heavy (non-hydrogen) atoms. The van der Waals surface area contributed by atoms with E-state index in [2.05, 4.69) is 6.92 Å². The lowest BCUT2D eigenvalue weighted by molar-refractivity contribution is 0.00502. The van der Waals surface area contributed by atoms with E-state index < -0.39 is 5.60 Å². The molecule has 0 spiro atoms. The zero-order valence-electron chi connectivity index (χ0n) is 13.8. The van der Waals surface area contributed by atoms with E-state index in [1.165, 1.54) is 6.26 Å². The fraction of sp³-hybridized carbons (Fsp3) is 0.647. The van der Waals surface area contributed by atoms with Gasteiger partial charge in [0.15, 0.2) is 11.5 Å². The average molecular weight is 307 g/mol. The van der Waals surface area contributed by atoms with Crippen LogP contribution in [0, 0.1) is 5.92 Å². The molecular weight excluding hydrogens is 282 g/mol. The lowest BCUT2D eigenvalue weighted by Gasteiger charge is -2.38. The van der Waals surface area contributed by atoms with Crippen LogP contribution in [0.25, 0.3) is 0 Å². The SMILES string of the molecule is CC1CCN(C(=O)OC(C)(C)C)C(CC(=O)c2ccco2)C1. The Hall–Kier alpha value is -1.78. The maximum absolute atomic E-state index is 12.4. The highest BCUT2D eigenvalue weighted by atomic mass is 16.6. The second-order valence-corrected chi connectivity index (χ2v) is 7.06. The largest absolute Gasteiger partial charge is 0.461 e. The van der Waals surface area contributed by atoms with E-state index in [0.29, 0.717) is 18.2 Å². The van der Waals surface area contributed by atoms with Gasteiger partial charge in [0, 0.05) is 19.0 Å². The van der Waals surface area contributed by atoms with Crippen molar-refractivity contribution in [2.24, 2.45) is 5.92 Å². The van der Waals surface area contributed by atoms with Crippen molar-refractivity contribution in [3.8, 4) is 0 Å². The molecule has 0 saturated carbocycles. The van der Waals surface area contributed by atoms with Crippen LogP contribution in [0.4, 0.5) is 4.79 Å². The van der Waals surface area contributed by atoms with Gasteiger partial charge in [-0.2, -0.15) is 0 Å². The highest BCUT2D eigenvalue weighted by Crippen LogP contribution is 2.27. The van der Waals surface area contributed by atoms with E-state index >= 15 is 0 Å². The summed E-state index contributed by atoms with van der Waals surface area (Å²) in [5.74, 6) is 0.771. The summed E-state index contributed by atoms with van der Waals surface area (Å²) in [6.45, 7) is 8.32. The second kappa shape index (κ2) is 6.55. The first-order valence-electron chi connectivity index (χ1n) is 7.82. The van der Waals surface area contributed by atoms with E-state index in [-0.39, 0.29) is 24.3 Å². The van der Waals surface area contributed by atoms with Crippen molar-refractivity contribution in [2.45, 2.75) is 58.6 Å². The molecule has 2 unspecified atom stereocenters. The number of amides is 1. The minimum Gasteiger partial charge on any atom is -0.461 e. The average Bonchev–Trinajstić information content (AvgIpc) is 2.90. The van der Waals surface area contributed by atoms with Gasteiger partial charge in [0.25, 0.3) is 0 Å². The van der Waals surface area contributed by atoms with Crippen LogP contribution >= 0.6 is 0 Å². The Bertz CT molecular complexity index is 515. The summed E-state index contributed by atoms with van der Waals surface area (Å²) in [5, 5.41) is 0. The van der Waals surface area contributed by atoms with Crippen LogP contribution in [0.3, 0.4) is 0 Å². The van der Waals surface area contributed by atoms with Crippen LogP contribution in [0.1, 0.15) is 57.5 Å². The predicted molar refractivity (Wildman–Crippen MR) is 82.8 cm³/mol. The minimum absolute atomic E-state index is 0.0716. The van der Waals surface area contributed by atoms with Crippen LogP contribution < -0.4 is 0 Å². The van der Waals surface area contributed by atoms with Gasteiger partial charge in [0.1, 0.15) is 5.60 Å². The van der Waals surface area contributed by atoms with Crippen LogP contribution in [0.15, 0.2) is 22.8 Å². The zero-order chi connectivity index (χ0) is 16.3. The number of ether oxygens (including phenoxy) is 1. The van der Waals surface area contributed by atoms with Gasteiger partial charge >= 0.3 is 6.09 Å². The lowest BCUT2D eigenvalue weighted by atomic mass is 9.89. The van der Waals surface area contributed by atoms with Crippen molar-refractivity contribution in [3.63, 3.8) is 0 Å². The Morgan fingerprint density at radius 1 is 1.41 bits per heavy atom. The van der Waals surface area contributed by atoms with Crippen LogP contribution in [0.5, 0.6) is 0 Å². The number of hydrogen-bond donors (Lipinski definition) is 0. The van der Waals surface area contributed by atoms with E-state index in [4.69, 9.17) is 9.15 Å². The van der Waals surface area contributed by atoms with Gasteiger partial charge < -0.3 is 14.1 Å². The maximum Gasteiger partial charge on any atom is 0.410 e. The van der Waals surface area contributed by atoms with E-state index in [1.54, 1.807) is 17.0 Å². The number of piperidine rings is 1. The third-order valence-electron chi connectivity index (χ3n) is 3.82. The molecule has 5 heteroatoms. The number of carbonyl (C=O) groups excluding carboxylic acids is 2. The lowest BCUT2D eigenvalue weighted by Crippen LogP contribution is -2.48.